The molecule has 0 aromatic heterocycles. The van der Waals surface area contributed by atoms with Crippen LogP contribution in [0.2, 0.25) is 0 Å². The summed E-state index contributed by atoms with van der Waals surface area (Å²) in [5.41, 5.74) is -0.924. The van der Waals surface area contributed by atoms with E-state index in [2.05, 4.69) is 5.32 Å². The Morgan fingerprint density at radius 2 is 2.05 bits per heavy atom. The Kier molecular flexibility index (Phi) is 6.10. The molecule has 0 radical (unpaired) electrons. The molecule has 0 fully saturated rings. The molecule has 0 bridgehead atoms. The molecule has 0 spiro atoms. The molecular formula is C14H20N2O5. The number of carboxylic acids is 1. The Hall–Kier alpha value is -2.15. The lowest BCUT2D eigenvalue weighted by molar-refractivity contribution is -0.384. The van der Waals surface area contributed by atoms with Gasteiger partial charge in [0.15, 0.2) is 0 Å². The van der Waals surface area contributed by atoms with E-state index in [-0.39, 0.29) is 5.69 Å². The number of nitrogens with one attached hydrogen (secondary N) is 1. The number of nitro groups is 1. The molecule has 21 heavy (non-hydrogen) atoms. The predicted molar refractivity (Wildman–Crippen MR) is 77.5 cm³/mol. The Morgan fingerprint density at radius 1 is 1.43 bits per heavy atom. The maximum Gasteiger partial charge on any atom is 0.323 e. The van der Waals surface area contributed by atoms with Gasteiger partial charge in [-0.25, -0.2) is 0 Å². The van der Waals surface area contributed by atoms with Gasteiger partial charge in [-0.2, -0.15) is 0 Å². The number of nitrogens with zero attached hydrogens (tertiary/aromatic N) is 1. The molecule has 1 unspecified atom stereocenters. The summed E-state index contributed by atoms with van der Waals surface area (Å²) >= 11 is 0. The number of nitro benzene ring substituents is 1. The van der Waals surface area contributed by atoms with Crippen molar-refractivity contribution >= 4 is 11.7 Å². The number of likely N-dealkylation sites (N-methyl/N-ethyl adjacent to an activating group) is 1. The highest BCUT2D eigenvalue weighted by molar-refractivity contribution is 5.78. The van der Waals surface area contributed by atoms with Crippen molar-refractivity contribution in [1.82, 2.24) is 5.32 Å². The largest absolute Gasteiger partial charge is 0.494 e. The van der Waals surface area contributed by atoms with Gasteiger partial charge in [0, 0.05) is 12.1 Å². The third-order valence-corrected chi connectivity index (χ3v) is 3.56. The molecule has 1 rings (SSSR count). The van der Waals surface area contributed by atoms with Crippen LogP contribution in [0, 0.1) is 10.1 Å². The second-order valence-corrected chi connectivity index (χ2v) is 4.69. The van der Waals surface area contributed by atoms with Gasteiger partial charge in [0.2, 0.25) is 0 Å². The number of carboxylic acid groups (broad SMARTS) is 1. The maximum absolute atomic E-state index is 11.3. The number of hydrogen-bond donors (Lipinski definition) is 2. The highest BCUT2D eigenvalue weighted by Gasteiger charge is 2.34. The van der Waals surface area contributed by atoms with Gasteiger partial charge in [-0.1, -0.05) is 6.92 Å². The number of ether oxygens (including phenoxy) is 1. The van der Waals surface area contributed by atoms with E-state index in [0.29, 0.717) is 31.6 Å². The van der Waals surface area contributed by atoms with Crippen molar-refractivity contribution in [1.29, 1.82) is 0 Å². The van der Waals surface area contributed by atoms with Crippen LogP contribution in [-0.4, -0.2) is 35.2 Å². The van der Waals surface area contributed by atoms with Crippen molar-refractivity contribution < 1.29 is 19.6 Å². The summed E-state index contributed by atoms with van der Waals surface area (Å²) in [7, 11) is 1.63. The lowest BCUT2D eigenvalue weighted by Crippen LogP contribution is -2.50. The molecule has 1 aromatic carbocycles. The zero-order chi connectivity index (χ0) is 15.9. The smallest absolute Gasteiger partial charge is 0.323 e. The first-order valence-corrected chi connectivity index (χ1v) is 6.74. The molecule has 0 saturated heterocycles. The van der Waals surface area contributed by atoms with Crippen LogP contribution in [0.5, 0.6) is 5.75 Å². The number of non-ortho nitro benzene ring substituents is 1. The highest BCUT2D eigenvalue weighted by atomic mass is 16.6. The zero-order valence-corrected chi connectivity index (χ0v) is 12.2. The van der Waals surface area contributed by atoms with Crippen molar-refractivity contribution in [2.75, 3.05) is 13.7 Å². The molecule has 7 heteroatoms. The second kappa shape index (κ2) is 7.58. The second-order valence-electron chi connectivity index (χ2n) is 4.69. The van der Waals surface area contributed by atoms with Crippen LogP contribution >= 0.6 is 0 Å². The molecule has 0 amide bonds. The van der Waals surface area contributed by atoms with Crippen molar-refractivity contribution in [2.24, 2.45) is 0 Å². The maximum atomic E-state index is 11.3. The van der Waals surface area contributed by atoms with Crippen molar-refractivity contribution in [3.05, 3.63) is 34.4 Å². The summed E-state index contributed by atoms with van der Waals surface area (Å²) in [6, 6.07) is 5.80. The van der Waals surface area contributed by atoms with Gasteiger partial charge in [-0.15, -0.1) is 0 Å². The van der Waals surface area contributed by atoms with Crippen LogP contribution in [-0.2, 0) is 4.79 Å². The quantitative estimate of drug-likeness (QED) is 0.411. The molecule has 0 aliphatic rings. The van der Waals surface area contributed by atoms with Gasteiger partial charge in [0.25, 0.3) is 5.69 Å². The van der Waals surface area contributed by atoms with Crippen LogP contribution in [0.4, 0.5) is 5.69 Å². The molecule has 0 aliphatic heterocycles. The fourth-order valence-corrected chi connectivity index (χ4v) is 2.07. The van der Waals surface area contributed by atoms with Gasteiger partial charge < -0.3 is 15.2 Å². The summed E-state index contributed by atoms with van der Waals surface area (Å²) in [6.45, 7) is 2.18. The van der Waals surface area contributed by atoms with E-state index < -0.39 is 16.4 Å². The van der Waals surface area contributed by atoms with Gasteiger partial charge in [0.1, 0.15) is 11.3 Å². The van der Waals surface area contributed by atoms with E-state index in [1.807, 2.05) is 6.92 Å². The number of carbonyl (C=O) groups is 1. The number of aliphatic carboxylic acids is 1. The topological polar surface area (TPSA) is 102 Å². The summed E-state index contributed by atoms with van der Waals surface area (Å²) in [6.07, 6.45) is 1.50. The van der Waals surface area contributed by atoms with Gasteiger partial charge in [-0.3, -0.25) is 14.9 Å². The van der Waals surface area contributed by atoms with E-state index in [0.717, 1.165) is 0 Å². The van der Waals surface area contributed by atoms with Crippen LogP contribution in [0.1, 0.15) is 26.2 Å². The van der Waals surface area contributed by atoms with E-state index in [1.165, 1.54) is 24.3 Å². The summed E-state index contributed by atoms with van der Waals surface area (Å²) in [4.78, 5) is 21.3. The van der Waals surface area contributed by atoms with Gasteiger partial charge >= 0.3 is 5.97 Å². The molecule has 1 atom stereocenters. The lowest BCUT2D eigenvalue weighted by Gasteiger charge is -2.27. The fourth-order valence-electron chi connectivity index (χ4n) is 2.07. The Labute approximate surface area is 123 Å². The fraction of sp³-hybridized carbons (Fsp3) is 0.500. The first-order chi connectivity index (χ1) is 9.95. The minimum absolute atomic E-state index is 0.00779. The summed E-state index contributed by atoms with van der Waals surface area (Å²) < 4.78 is 5.46. The third-order valence-electron chi connectivity index (χ3n) is 3.56. The molecule has 2 N–H and O–H groups in total. The van der Waals surface area contributed by atoms with Crippen molar-refractivity contribution in [3.63, 3.8) is 0 Å². The molecule has 0 aliphatic carbocycles. The molecule has 0 saturated carbocycles. The van der Waals surface area contributed by atoms with E-state index in [9.17, 15) is 20.0 Å². The van der Waals surface area contributed by atoms with E-state index in [4.69, 9.17) is 4.74 Å². The van der Waals surface area contributed by atoms with Crippen molar-refractivity contribution in [3.8, 4) is 5.75 Å². The average molecular weight is 296 g/mol. The minimum Gasteiger partial charge on any atom is -0.494 e. The summed E-state index contributed by atoms with van der Waals surface area (Å²) in [5.74, 6) is -0.342. The first kappa shape index (κ1) is 16.9. The Morgan fingerprint density at radius 3 is 2.48 bits per heavy atom. The van der Waals surface area contributed by atoms with Crippen LogP contribution in [0.25, 0.3) is 0 Å². The SMILES string of the molecule is CCC(CCCOc1ccc([N+](=O)[O-])cc1)(NC)C(=O)O. The highest BCUT2D eigenvalue weighted by Crippen LogP contribution is 2.20. The minimum atomic E-state index is -0.932. The predicted octanol–water partition coefficient (Wildman–Crippen LogP) is 2.21. The monoisotopic (exact) mass is 296 g/mol. The zero-order valence-electron chi connectivity index (χ0n) is 12.2. The molecular weight excluding hydrogens is 276 g/mol. The first-order valence-electron chi connectivity index (χ1n) is 6.74. The third kappa shape index (κ3) is 4.42. The van der Waals surface area contributed by atoms with E-state index in [1.54, 1.807) is 7.05 Å². The number of benzene rings is 1. The molecule has 0 heterocycles. The summed E-state index contributed by atoms with van der Waals surface area (Å²) in [5, 5.41) is 22.6. The normalized spacial score (nSPS) is 13.4. The lowest BCUT2D eigenvalue weighted by atomic mass is 9.91. The van der Waals surface area contributed by atoms with E-state index >= 15 is 0 Å². The van der Waals surface area contributed by atoms with Gasteiger partial charge in [0.05, 0.1) is 11.5 Å². The number of hydrogen-bond acceptors (Lipinski definition) is 5. The molecule has 7 nitrogen and oxygen atoms in total. The van der Waals surface area contributed by atoms with Crippen LogP contribution in [0.3, 0.4) is 0 Å². The standard InChI is InChI=1S/C14H20N2O5/c1-3-14(15-2,13(17)18)9-4-10-21-12-7-5-11(6-8-12)16(19)20/h5-8,15H,3-4,9-10H2,1-2H3,(H,17,18). The number of rotatable bonds is 9. The van der Waals surface area contributed by atoms with Crippen LogP contribution < -0.4 is 10.1 Å². The van der Waals surface area contributed by atoms with Crippen molar-refractivity contribution in [2.45, 2.75) is 31.7 Å². The Bertz CT molecular complexity index is 483. The average Bonchev–Trinajstić information content (AvgIpc) is 2.48. The Balaban J connectivity index is 2.46. The van der Waals surface area contributed by atoms with Crippen LogP contribution in [0.15, 0.2) is 24.3 Å². The molecule has 116 valence electrons. The molecule has 1 aromatic rings. The van der Waals surface area contributed by atoms with Gasteiger partial charge in [-0.05, 0) is 38.4 Å².